The Bertz CT molecular complexity index is 700. The van der Waals surface area contributed by atoms with Crippen LogP contribution in [0, 0.1) is 27.7 Å². The zero-order valence-electron chi connectivity index (χ0n) is 18.6. The van der Waals surface area contributed by atoms with Crippen molar-refractivity contribution >= 4 is 46.3 Å². The van der Waals surface area contributed by atoms with Crippen LogP contribution in [0.25, 0.3) is 0 Å². The minimum absolute atomic E-state index is 0. The van der Waals surface area contributed by atoms with Crippen LogP contribution in [-0.2, 0) is 0 Å². The fourth-order valence-corrected chi connectivity index (χ4v) is 3.79. The van der Waals surface area contributed by atoms with Gasteiger partial charge in [0.25, 0.3) is 0 Å². The Morgan fingerprint density at radius 2 is 0.828 bits per heavy atom. The molecule has 0 heterocycles. The molecule has 156 valence electrons. The summed E-state index contributed by atoms with van der Waals surface area (Å²) in [6, 6.07) is 7.33. The molecule has 7 heteroatoms. The molecular formula is C22H30Cl2MgN2O2. The summed E-state index contributed by atoms with van der Waals surface area (Å²) in [6.07, 6.45) is -1.63. The van der Waals surface area contributed by atoms with Crippen LogP contribution < -0.4 is 10.2 Å². The summed E-state index contributed by atoms with van der Waals surface area (Å²) in [4.78, 5) is 3.31. The zero-order chi connectivity index (χ0) is 21.8. The summed E-state index contributed by atoms with van der Waals surface area (Å²) in [5.74, 6) is 0. The second kappa shape index (κ2) is 12.5. The van der Waals surface area contributed by atoms with E-state index in [4.69, 9.17) is 23.2 Å². The molecular weight excluding hydrogens is 419 g/mol. The van der Waals surface area contributed by atoms with E-state index in [1.807, 2.05) is 52.0 Å². The van der Waals surface area contributed by atoms with Gasteiger partial charge in [0.05, 0.1) is 0 Å². The number of nitrogens with zero attached hydrogens (tertiary/aromatic N) is 2. The van der Waals surface area contributed by atoms with Crippen LogP contribution in [0.1, 0.15) is 45.8 Å². The first kappa shape index (κ1) is 28.6. The first-order chi connectivity index (χ1) is 12.9. The van der Waals surface area contributed by atoms with Gasteiger partial charge in [-0.25, -0.2) is 0 Å². The SMILES string of the molecule is Cc1cc(Cl)cc(C)c1C([O-])N(C)C.Cc1cc(Cl)cc(C)c1C([O-])N(C)C.[Mg+2]. The predicted molar refractivity (Wildman–Crippen MR) is 120 cm³/mol. The molecule has 2 aromatic rings. The molecule has 2 atom stereocenters. The first-order valence-corrected chi connectivity index (χ1v) is 9.80. The van der Waals surface area contributed by atoms with Crippen molar-refractivity contribution in [3.63, 3.8) is 0 Å². The molecule has 0 radical (unpaired) electrons. The fourth-order valence-electron chi connectivity index (χ4n) is 3.14. The largest absolute Gasteiger partial charge is 2.00 e. The molecule has 0 aliphatic rings. The van der Waals surface area contributed by atoms with Gasteiger partial charge in [-0.05, 0) is 126 Å². The van der Waals surface area contributed by atoms with E-state index in [0.29, 0.717) is 10.0 Å². The Hall–Kier alpha value is -0.374. The topological polar surface area (TPSA) is 52.6 Å². The Labute approximate surface area is 201 Å². The van der Waals surface area contributed by atoms with Crippen molar-refractivity contribution in [2.45, 2.75) is 40.2 Å². The first-order valence-electron chi connectivity index (χ1n) is 9.04. The van der Waals surface area contributed by atoms with E-state index in [0.717, 1.165) is 33.4 Å². The van der Waals surface area contributed by atoms with Crippen molar-refractivity contribution in [1.29, 1.82) is 0 Å². The van der Waals surface area contributed by atoms with Gasteiger partial charge in [-0.1, -0.05) is 23.2 Å². The molecule has 29 heavy (non-hydrogen) atoms. The standard InChI is InChI=1S/2C11H15ClNO.Mg/c2*1-7-5-9(12)6-8(2)10(7)11(14)13(3)4;/h2*5-6,11H,1-4H3;/q2*-1;+2. The van der Waals surface area contributed by atoms with Gasteiger partial charge in [0.1, 0.15) is 0 Å². The summed E-state index contributed by atoms with van der Waals surface area (Å²) < 4.78 is 0. The molecule has 2 aromatic carbocycles. The molecule has 0 aliphatic heterocycles. The van der Waals surface area contributed by atoms with Crippen LogP contribution in [0.15, 0.2) is 24.3 Å². The predicted octanol–water partition coefficient (Wildman–Crippen LogP) is 3.37. The van der Waals surface area contributed by atoms with Gasteiger partial charge in [0.2, 0.25) is 0 Å². The number of hydrogen-bond acceptors (Lipinski definition) is 4. The monoisotopic (exact) mass is 448 g/mol. The third-order valence-electron chi connectivity index (χ3n) is 4.55. The molecule has 0 fully saturated rings. The number of rotatable bonds is 4. The van der Waals surface area contributed by atoms with Crippen LogP contribution in [0.3, 0.4) is 0 Å². The molecule has 0 saturated heterocycles. The van der Waals surface area contributed by atoms with Crippen molar-refractivity contribution in [3.05, 3.63) is 67.7 Å². The maximum Gasteiger partial charge on any atom is 2.00 e. The maximum atomic E-state index is 11.9. The van der Waals surface area contributed by atoms with Gasteiger partial charge >= 0.3 is 23.1 Å². The van der Waals surface area contributed by atoms with E-state index in [-0.39, 0.29) is 23.1 Å². The molecule has 0 bridgehead atoms. The molecule has 0 N–H and O–H groups in total. The molecule has 0 aromatic heterocycles. The van der Waals surface area contributed by atoms with E-state index in [2.05, 4.69) is 0 Å². The van der Waals surface area contributed by atoms with E-state index < -0.39 is 12.5 Å². The van der Waals surface area contributed by atoms with Gasteiger partial charge in [0.15, 0.2) is 0 Å². The summed E-state index contributed by atoms with van der Waals surface area (Å²) in [5, 5.41) is 25.1. The quantitative estimate of drug-likeness (QED) is 0.530. The Kier molecular flexibility index (Phi) is 12.3. The van der Waals surface area contributed by atoms with Crippen LogP contribution in [-0.4, -0.2) is 61.0 Å². The van der Waals surface area contributed by atoms with Crippen LogP contribution in [0.2, 0.25) is 10.0 Å². The van der Waals surface area contributed by atoms with Crippen molar-refractivity contribution < 1.29 is 10.2 Å². The average molecular weight is 450 g/mol. The van der Waals surface area contributed by atoms with Crippen molar-refractivity contribution in [2.75, 3.05) is 28.2 Å². The second-order valence-corrected chi connectivity index (χ2v) is 8.41. The van der Waals surface area contributed by atoms with E-state index >= 15 is 0 Å². The van der Waals surface area contributed by atoms with Gasteiger partial charge in [-0.15, -0.1) is 0 Å². The Morgan fingerprint density at radius 1 is 0.621 bits per heavy atom. The third-order valence-corrected chi connectivity index (χ3v) is 4.99. The van der Waals surface area contributed by atoms with Gasteiger partial charge in [-0.3, -0.25) is 0 Å². The smallest absolute Gasteiger partial charge is 0.837 e. The minimum atomic E-state index is -0.813. The summed E-state index contributed by atoms with van der Waals surface area (Å²) in [6.45, 7) is 7.68. The molecule has 0 aliphatic carbocycles. The van der Waals surface area contributed by atoms with Crippen molar-refractivity contribution in [1.82, 2.24) is 9.80 Å². The fraction of sp³-hybridized carbons (Fsp3) is 0.455. The minimum Gasteiger partial charge on any atom is -0.837 e. The van der Waals surface area contributed by atoms with Crippen molar-refractivity contribution in [2.24, 2.45) is 0 Å². The van der Waals surface area contributed by atoms with Gasteiger partial charge < -0.3 is 20.0 Å². The Morgan fingerprint density at radius 3 is 1.00 bits per heavy atom. The van der Waals surface area contributed by atoms with Crippen LogP contribution in [0.4, 0.5) is 0 Å². The van der Waals surface area contributed by atoms with E-state index in [1.54, 1.807) is 38.0 Å². The second-order valence-electron chi connectivity index (χ2n) is 7.54. The zero-order valence-corrected chi connectivity index (χ0v) is 21.6. The number of benzene rings is 2. The Balaban J connectivity index is 0.000000523. The van der Waals surface area contributed by atoms with Gasteiger partial charge in [0, 0.05) is 10.0 Å². The molecule has 2 unspecified atom stereocenters. The summed E-state index contributed by atoms with van der Waals surface area (Å²) >= 11 is 11.8. The maximum absolute atomic E-state index is 11.9. The molecule has 0 amide bonds. The summed E-state index contributed by atoms with van der Waals surface area (Å²) in [7, 11) is 7.13. The molecule has 2 rings (SSSR count). The summed E-state index contributed by atoms with van der Waals surface area (Å²) in [5.41, 5.74) is 5.51. The van der Waals surface area contributed by atoms with E-state index in [1.165, 1.54) is 0 Å². The molecule has 0 saturated carbocycles. The average Bonchev–Trinajstić information content (AvgIpc) is 2.53. The number of aryl methyl sites for hydroxylation is 4. The molecule has 4 nitrogen and oxygen atoms in total. The number of halogens is 2. The normalized spacial score (nSPS) is 12.9. The van der Waals surface area contributed by atoms with Gasteiger partial charge in [-0.2, -0.15) is 0 Å². The van der Waals surface area contributed by atoms with E-state index in [9.17, 15) is 10.2 Å². The molecule has 0 spiro atoms. The van der Waals surface area contributed by atoms with Crippen molar-refractivity contribution in [3.8, 4) is 0 Å². The van der Waals surface area contributed by atoms with Crippen LogP contribution in [0.5, 0.6) is 0 Å². The third kappa shape index (κ3) is 8.00. The number of hydrogen-bond donors (Lipinski definition) is 0. The van der Waals surface area contributed by atoms with Crippen LogP contribution >= 0.6 is 23.2 Å².